The highest BCUT2D eigenvalue weighted by atomic mass is 127. The van der Waals surface area contributed by atoms with Crippen molar-refractivity contribution in [2.75, 3.05) is 26.2 Å². The predicted molar refractivity (Wildman–Crippen MR) is 107 cm³/mol. The lowest BCUT2D eigenvalue weighted by molar-refractivity contribution is -0.129. The third kappa shape index (κ3) is 7.17. The van der Waals surface area contributed by atoms with Gasteiger partial charge in [0.1, 0.15) is 0 Å². The number of aryl methyl sites for hydroxylation is 2. The van der Waals surface area contributed by atoms with Crippen molar-refractivity contribution in [1.29, 1.82) is 0 Å². The molecular weight excluding hydrogens is 435 g/mol. The number of halogens is 1. The third-order valence-electron chi connectivity index (χ3n) is 3.92. The molecule has 1 aromatic rings. The van der Waals surface area contributed by atoms with Crippen LogP contribution in [0.1, 0.15) is 44.8 Å². The van der Waals surface area contributed by atoms with Crippen molar-refractivity contribution in [3.05, 3.63) is 11.7 Å². The molecule has 0 radical (unpaired) electrons. The number of amides is 1. The highest BCUT2D eigenvalue weighted by Crippen LogP contribution is 2.10. The minimum atomic E-state index is 0. The van der Waals surface area contributed by atoms with Gasteiger partial charge in [-0.05, 0) is 26.7 Å². The second-order valence-corrected chi connectivity index (χ2v) is 5.92. The molecule has 0 aliphatic carbocycles. The summed E-state index contributed by atoms with van der Waals surface area (Å²) in [6.07, 6.45) is 3.10. The quantitative estimate of drug-likeness (QED) is 0.275. The first-order valence-electron chi connectivity index (χ1n) is 8.74. The topological polar surface area (TPSA) is 95.7 Å². The Morgan fingerprint density at radius 2 is 2.24 bits per heavy atom. The Labute approximate surface area is 166 Å². The first-order chi connectivity index (χ1) is 11.6. The molecule has 1 saturated heterocycles. The molecule has 1 fully saturated rings. The smallest absolute Gasteiger partial charge is 0.226 e. The zero-order valence-electron chi connectivity index (χ0n) is 15.2. The number of carbonyl (C=O) groups is 1. The Kier molecular flexibility index (Phi) is 9.76. The van der Waals surface area contributed by atoms with Crippen LogP contribution in [0.3, 0.4) is 0 Å². The Morgan fingerprint density at radius 1 is 1.44 bits per heavy atom. The van der Waals surface area contributed by atoms with E-state index in [4.69, 9.17) is 4.52 Å². The monoisotopic (exact) mass is 464 g/mol. The molecule has 8 nitrogen and oxygen atoms in total. The van der Waals surface area contributed by atoms with E-state index in [1.807, 2.05) is 25.7 Å². The van der Waals surface area contributed by atoms with E-state index in [1.54, 1.807) is 0 Å². The van der Waals surface area contributed by atoms with Crippen molar-refractivity contribution < 1.29 is 9.32 Å². The van der Waals surface area contributed by atoms with Gasteiger partial charge in [0.2, 0.25) is 11.8 Å². The van der Waals surface area contributed by atoms with Crippen LogP contribution in [-0.4, -0.2) is 59.1 Å². The van der Waals surface area contributed by atoms with Crippen LogP contribution in [0, 0.1) is 6.92 Å². The number of carbonyl (C=O) groups excluding carboxylic acids is 1. The van der Waals surface area contributed by atoms with Gasteiger partial charge in [0.15, 0.2) is 11.8 Å². The van der Waals surface area contributed by atoms with E-state index in [-0.39, 0.29) is 35.9 Å². The van der Waals surface area contributed by atoms with Crippen molar-refractivity contribution in [3.63, 3.8) is 0 Å². The van der Waals surface area contributed by atoms with Crippen LogP contribution < -0.4 is 10.6 Å². The molecule has 2 heterocycles. The molecule has 1 aliphatic rings. The fourth-order valence-corrected chi connectivity index (χ4v) is 2.70. The molecule has 25 heavy (non-hydrogen) atoms. The average Bonchev–Trinajstić information content (AvgIpc) is 3.20. The standard InChI is InChI=1S/C16H28N6O2.HI/c1-4-15(23)22-10-8-13(11-22)20-16(17-5-2)18-9-6-7-14-19-12(3)21-24-14;/h13H,4-11H2,1-3H3,(H2,17,18,20);1H. The van der Waals surface area contributed by atoms with E-state index in [0.29, 0.717) is 24.7 Å². The Morgan fingerprint density at radius 3 is 2.88 bits per heavy atom. The van der Waals surface area contributed by atoms with Gasteiger partial charge >= 0.3 is 0 Å². The summed E-state index contributed by atoms with van der Waals surface area (Å²) in [4.78, 5) is 22.4. The van der Waals surface area contributed by atoms with Gasteiger partial charge in [-0.3, -0.25) is 9.79 Å². The summed E-state index contributed by atoms with van der Waals surface area (Å²) in [6.45, 7) is 8.81. The van der Waals surface area contributed by atoms with Gasteiger partial charge in [0.05, 0.1) is 0 Å². The van der Waals surface area contributed by atoms with Crippen LogP contribution in [0.15, 0.2) is 9.52 Å². The number of likely N-dealkylation sites (tertiary alicyclic amines) is 1. The molecule has 2 N–H and O–H groups in total. The number of hydrogen-bond donors (Lipinski definition) is 2. The van der Waals surface area contributed by atoms with Crippen molar-refractivity contribution in [1.82, 2.24) is 25.7 Å². The van der Waals surface area contributed by atoms with Crippen molar-refractivity contribution in [2.24, 2.45) is 4.99 Å². The normalized spacial score (nSPS) is 17.3. The zero-order chi connectivity index (χ0) is 17.4. The summed E-state index contributed by atoms with van der Waals surface area (Å²) in [7, 11) is 0. The van der Waals surface area contributed by atoms with Gasteiger partial charge in [-0.25, -0.2) is 0 Å². The van der Waals surface area contributed by atoms with E-state index in [1.165, 1.54) is 0 Å². The first kappa shape index (κ1) is 21.7. The number of aliphatic imine (C=N–C) groups is 1. The second-order valence-electron chi connectivity index (χ2n) is 5.92. The summed E-state index contributed by atoms with van der Waals surface area (Å²) < 4.78 is 5.09. The lowest BCUT2D eigenvalue weighted by atomic mass is 10.3. The highest BCUT2D eigenvalue weighted by Gasteiger charge is 2.25. The second kappa shape index (κ2) is 11.3. The summed E-state index contributed by atoms with van der Waals surface area (Å²) >= 11 is 0. The lowest BCUT2D eigenvalue weighted by Crippen LogP contribution is -2.45. The predicted octanol–water partition coefficient (Wildman–Crippen LogP) is 1.49. The molecule has 1 aromatic heterocycles. The van der Waals surface area contributed by atoms with E-state index in [9.17, 15) is 4.79 Å². The molecule has 2 rings (SSSR count). The fourth-order valence-electron chi connectivity index (χ4n) is 2.70. The Hall–Kier alpha value is -1.39. The molecule has 0 spiro atoms. The largest absolute Gasteiger partial charge is 0.357 e. The number of guanidine groups is 1. The molecule has 0 bridgehead atoms. The van der Waals surface area contributed by atoms with E-state index in [0.717, 1.165) is 44.9 Å². The van der Waals surface area contributed by atoms with E-state index >= 15 is 0 Å². The summed E-state index contributed by atoms with van der Waals surface area (Å²) in [6, 6.07) is 0.261. The summed E-state index contributed by atoms with van der Waals surface area (Å²) in [5, 5.41) is 10.5. The molecule has 1 atom stereocenters. The van der Waals surface area contributed by atoms with Crippen LogP contribution in [0.4, 0.5) is 0 Å². The molecule has 142 valence electrons. The number of rotatable bonds is 7. The van der Waals surface area contributed by atoms with Crippen molar-refractivity contribution >= 4 is 35.8 Å². The molecule has 1 amide bonds. The average molecular weight is 464 g/mol. The maximum absolute atomic E-state index is 11.8. The van der Waals surface area contributed by atoms with Crippen LogP contribution >= 0.6 is 24.0 Å². The molecule has 0 saturated carbocycles. The zero-order valence-corrected chi connectivity index (χ0v) is 17.6. The SMILES string of the molecule is CCNC(=NCCCc1nc(C)no1)NC1CCN(C(=O)CC)C1.I. The van der Waals surface area contributed by atoms with Crippen LogP contribution in [0.2, 0.25) is 0 Å². The van der Waals surface area contributed by atoms with Crippen molar-refractivity contribution in [3.8, 4) is 0 Å². The number of nitrogens with zero attached hydrogens (tertiary/aromatic N) is 4. The number of hydrogen-bond acceptors (Lipinski definition) is 5. The summed E-state index contributed by atoms with van der Waals surface area (Å²) in [5.41, 5.74) is 0. The maximum Gasteiger partial charge on any atom is 0.226 e. The Balaban J connectivity index is 0.00000312. The minimum absolute atomic E-state index is 0. The van der Waals surface area contributed by atoms with E-state index < -0.39 is 0 Å². The highest BCUT2D eigenvalue weighted by molar-refractivity contribution is 14.0. The van der Waals surface area contributed by atoms with Crippen LogP contribution in [0.25, 0.3) is 0 Å². The van der Waals surface area contributed by atoms with Gasteiger partial charge < -0.3 is 20.1 Å². The molecule has 0 aromatic carbocycles. The van der Waals surface area contributed by atoms with Gasteiger partial charge in [0.25, 0.3) is 0 Å². The summed E-state index contributed by atoms with van der Waals surface area (Å²) in [5.74, 6) is 2.34. The van der Waals surface area contributed by atoms with Gasteiger partial charge in [-0.15, -0.1) is 24.0 Å². The molecule has 1 unspecified atom stereocenters. The van der Waals surface area contributed by atoms with Gasteiger partial charge in [-0.2, -0.15) is 4.98 Å². The van der Waals surface area contributed by atoms with Crippen LogP contribution in [0.5, 0.6) is 0 Å². The Bertz CT molecular complexity index is 563. The third-order valence-corrected chi connectivity index (χ3v) is 3.92. The van der Waals surface area contributed by atoms with E-state index in [2.05, 4.69) is 25.8 Å². The number of aromatic nitrogens is 2. The fraction of sp³-hybridized carbons (Fsp3) is 0.750. The molecule has 1 aliphatic heterocycles. The maximum atomic E-state index is 11.8. The molecule has 9 heteroatoms. The van der Waals surface area contributed by atoms with Crippen LogP contribution in [-0.2, 0) is 11.2 Å². The van der Waals surface area contributed by atoms with Gasteiger partial charge in [-0.1, -0.05) is 12.1 Å². The first-order valence-corrected chi connectivity index (χ1v) is 8.74. The lowest BCUT2D eigenvalue weighted by Gasteiger charge is -2.18. The van der Waals surface area contributed by atoms with Crippen molar-refractivity contribution in [2.45, 2.75) is 52.5 Å². The minimum Gasteiger partial charge on any atom is -0.357 e. The number of nitrogens with one attached hydrogen (secondary N) is 2. The molecular formula is C16H29IN6O2. The van der Waals surface area contributed by atoms with Gasteiger partial charge in [0, 0.05) is 45.1 Å².